The van der Waals surface area contributed by atoms with Crippen LogP contribution in [0.4, 0.5) is 17.1 Å². The molecule has 0 atom stereocenters. The highest BCUT2D eigenvalue weighted by Crippen LogP contribution is 2.25. The number of rotatable bonds is 6. The van der Waals surface area contributed by atoms with E-state index in [0.29, 0.717) is 40.1 Å². The molecule has 0 aliphatic carbocycles. The van der Waals surface area contributed by atoms with Gasteiger partial charge in [-0.15, -0.1) is 4.73 Å². The molecule has 1 amide bonds. The molecule has 26 heavy (non-hydrogen) atoms. The summed E-state index contributed by atoms with van der Waals surface area (Å²) in [6, 6.07) is 6.84. The fourth-order valence-electron chi connectivity index (χ4n) is 2.73. The lowest BCUT2D eigenvalue weighted by atomic mass is 10.1. The van der Waals surface area contributed by atoms with Crippen LogP contribution in [-0.4, -0.2) is 33.4 Å². The standard InChI is InChI=1S/C17H18N6O3/c1-10-16-14(6-15(25)23(26)17(16)21-8-20-10)19-7-11-3-4-12(22-9-24)13(5-11)18-2/h3-6,8-9,18-19,26H,7H2,1-2H3,(H,22,24). The van der Waals surface area contributed by atoms with Crippen molar-refractivity contribution in [3.05, 3.63) is 52.2 Å². The average molecular weight is 354 g/mol. The van der Waals surface area contributed by atoms with Crippen molar-refractivity contribution in [3.8, 4) is 0 Å². The molecule has 2 aromatic heterocycles. The van der Waals surface area contributed by atoms with Crippen LogP contribution < -0.4 is 21.5 Å². The van der Waals surface area contributed by atoms with Crippen LogP contribution >= 0.6 is 0 Å². The summed E-state index contributed by atoms with van der Waals surface area (Å²) >= 11 is 0. The Morgan fingerprint density at radius 3 is 2.73 bits per heavy atom. The molecule has 0 saturated carbocycles. The van der Waals surface area contributed by atoms with Crippen LogP contribution in [0.15, 0.2) is 35.4 Å². The summed E-state index contributed by atoms with van der Waals surface area (Å²) < 4.78 is 0.508. The predicted molar refractivity (Wildman–Crippen MR) is 98.7 cm³/mol. The van der Waals surface area contributed by atoms with Crippen LogP contribution in [-0.2, 0) is 11.3 Å². The third-order valence-electron chi connectivity index (χ3n) is 4.01. The van der Waals surface area contributed by atoms with E-state index in [1.807, 2.05) is 12.1 Å². The first-order chi connectivity index (χ1) is 12.5. The second-order valence-corrected chi connectivity index (χ2v) is 5.61. The van der Waals surface area contributed by atoms with E-state index >= 15 is 0 Å². The number of carbonyl (C=O) groups excluding carboxylic acids is 1. The summed E-state index contributed by atoms with van der Waals surface area (Å²) in [6.07, 6.45) is 1.92. The van der Waals surface area contributed by atoms with Gasteiger partial charge in [0.25, 0.3) is 5.56 Å². The molecule has 9 nitrogen and oxygen atoms in total. The van der Waals surface area contributed by atoms with Crippen LogP contribution in [0.2, 0.25) is 0 Å². The molecule has 9 heteroatoms. The Morgan fingerprint density at radius 2 is 2.00 bits per heavy atom. The Morgan fingerprint density at radius 1 is 1.19 bits per heavy atom. The van der Waals surface area contributed by atoms with Crippen molar-refractivity contribution in [3.63, 3.8) is 0 Å². The molecule has 0 bridgehead atoms. The third kappa shape index (κ3) is 3.14. The van der Waals surface area contributed by atoms with Gasteiger partial charge in [-0.3, -0.25) is 9.59 Å². The summed E-state index contributed by atoms with van der Waals surface area (Å²) in [5.41, 5.74) is 3.11. The predicted octanol–water partition coefficient (Wildman–Crippen LogP) is 1.56. The van der Waals surface area contributed by atoms with Gasteiger partial charge >= 0.3 is 0 Å². The van der Waals surface area contributed by atoms with E-state index in [1.165, 1.54) is 12.4 Å². The summed E-state index contributed by atoms with van der Waals surface area (Å²) in [5, 5.41) is 19.3. The lowest BCUT2D eigenvalue weighted by Gasteiger charge is -2.14. The van der Waals surface area contributed by atoms with Gasteiger partial charge in [-0.2, -0.15) is 0 Å². The Balaban J connectivity index is 1.94. The molecule has 4 N–H and O–H groups in total. The molecule has 0 spiro atoms. The van der Waals surface area contributed by atoms with Crippen molar-refractivity contribution < 1.29 is 10.0 Å². The molecule has 3 rings (SSSR count). The minimum Gasteiger partial charge on any atom is -0.423 e. The van der Waals surface area contributed by atoms with E-state index in [2.05, 4.69) is 25.9 Å². The first-order valence-corrected chi connectivity index (χ1v) is 7.86. The molecule has 0 fully saturated rings. The van der Waals surface area contributed by atoms with Crippen molar-refractivity contribution in [2.75, 3.05) is 23.0 Å². The monoisotopic (exact) mass is 354 g/mol. The number of hydrogen-bond acceptors (Lipinski definition) is 7. The second-order valence-electron chi connectivity index (χ2n) is 5.61. The zero-order valence-electron chi connectivity index (χ0n) is 14.3. The van der Waals surface area contributed by atoms with Gasteiger partial charge in [0.15, 0.2) is 5.65 Å². The van der Waals surface area contributed by atoms with Crippen molar-refractivity contribution in [1.82, 2.24) is 14.7 Å². The van der Waals surface area contributed by atoms with Gasteiger partial charge in [-0.25, -0.2) is 9.97 Å². The number of nitrogens with one attached hydrogen (secondary N) is 3. The highest BCUT2D eigenvalue weighted by molar-refractivity contribution is 5.90. The zero-order chi connectivity index (χ0) is 18.7. The highest BCUT2D eigenvalue weighted by Gasteiger charge is 2.12. The first-order valence-electron chi connectivity index (χ1n) is 7.86. The maximum absolute atomic E-state index is 12.0. The number of hydrogen-bond donors (Lipinski definition) is 4. The second kappa shape index (κ2) is 7.09. The number of carbonyl (C=O) groups is 1. The minimum absolute atomic E-state index is 0.147. The molecular formula is C17H18N6O3. The lowest BCUT2D eigenvalue weighted by molar-refractivity contribution is -0.105. The lowest BCUT2D eigenvalue weighted by Crippen LogP contribution is -2.20. The molecule has 0 saturated heterocycles. The van der Waals surface area contributed by atoms with E-state index in [1.54, 1.807) is 20.0 Å². The van der Waals surface area contributed by atoms with Crippen molar-refractivity contribution in [2.45, 2.75) is 13.5 Å². The third-order valence-corrected chi connectivity index (χ3v) is 4.01. The molecule has 0 aliphatic rings. The molecular weight excluding hydrogens is 336 g/mol. The number of benzene rings is 1. The van der Waals surface area contributed by atoms with Gasteiger partial charge in [0, 0.05) is 19.7 Å². The topological polar surface area (TPSA) is 121 Å². The number of aryl methyl sites for hydroxylation is 1. The molecule has 0 unspecified atom stereocenters. The maximum atomic E-state index is 12.0. The smallest absolute Gasteiger partial charge is 0.286 e. The van der Waals surface area contributed by atoms with Crippen molar-refractivity contribution in [1.29, 1.82) is 0 Å². The van der Waals surface area contributed by atoms with E-state index in [-0.39, 0.29) is 5.65 Å². The van der Waals surface area contributed by atoms with Gasteiger partial charge in [-0.1, -0.05) is 6.07 Å². The van der Waals surface area contributed by atoms with Crippen LogP contribution in [0, 0.1) is 6.92 Å². The van der Waals surface area contributed by atoms with E-state index in [4.69, 9.17) is 0 Å². The van der Waals surface area contributed by atoms with Crippen LogP contribution in [0.1, 0.15) is 11.3 Å². The average Bonchev–Trinajstić information content (AvgIpc) is 2.64. The number of amides is 1. The summed E-state index contributed by atoms with van der Waals surface area (Å²) in [6.45, 7) is 2.20. The van der Waals surface area contributed by atoms with Crippen LogP contribution in [0.5, 0.6) is 0 Å². The molecule has 1 aromatic carbocycles. The summed E-state index contributed by atoms with van der Waals surface area (Å²) in [5.74, 6) is 0. The number of anilines is 3. The molecule has 2 heterocycles. The Bertz CT molecular complexity index is 1030. The summed E-state index contributed by atoms with van der Waals surface area (Å²) in [4.78, 5) is 30.7. The molecule has 0 radical (unpaired) electrons. The van der Waals surface area contributed by atoms with E-state index < -0.39 is 5.56 Å². The van der Waals surface area contributed by atoms with Crippen molar-refractivity contribution >= 4 is 34.5 Å². The van der Waals surface area contributed by atoms with Gasteiger partial charge in [0.2, 0.25) is 6.41 Å². The van der Waals surface area contributed by atoms with E-state index in [0.717, 1.165) is 11.3 Å². The number of nitrogens with zero attached hydrogens (tertiary/aromatic N) is 3. The Hall–Kier alpha value is -3.62. The summed E-state index contributed by atoms with van der Waals surface area (Å²) in [7, 11) is 1.76. The molecule has 134 valence electrons. The quantitative estimate of drug-likeness (QED) is 0.391. The van der Waals surface area contributed by atoms with E-state index in [9.17, 15) is 14.8 Å². The molecule has 0 aliphatic heterocycles. The minimum atomic E-state index is -0.584. The van der Waals surface area contributed by atoms with Gasteiger partial charge < -0.3 is 21.2 Å². The van der Waals surface area contributed by atoms with Crippen LogP contribution in [0.25, 0.3) is 11.0 Å². The van der Waals surface area contributed by atoms with Crippen molar-refractivity contribution in [2.24, 2.45) is 0 Å². The van der Waals surface area contributed by atoms with Gasteiger partial charge in [0.05, 0.1) is 28.1 Å². The zero-order valence-corrected chi connectivity index (χ0v) is 14.3. The number of pyridine rings is 1. The first kappa shape index (κ1) is 17.2. The Labute approximate surface area is 148 Å². The largest absolute Gasteiger partial charge is 0.423 e. The van der Waals surface area contributed by atoms with Gasteiger partial charge in [-0.05, 0) is 24.6 Å². The number of aromatic nitrogens is 3. The fraction of sp³-hybridized carbons (Fsp3) is 0.176. The van der Waals surface area contributed by atoms with Gasteiger partial charge in [0.1, 0.15) is 6.33 Å². The molecule has 3 aromatic rings. The normalized spacial score (nSPS) is 10.5. The number of fused-ring (bicyclic) bond motifs is 1. The SMILES string of the molecule is CNc1cc(CNc2cc(=O)n(O)c3ncnc(C)c23)ccc1NC=O. The Kier molecular flexibility index (Phi) is 4.70. The highest BCUT2D eigenvalue weighted by atomic mass is 16.5. The van der Waals surface area contributed by atoms with Crippen LogP contribution in [0.3, 0.4) is 0 Å². The fourth-order valence-corrected chi connectivity index (χ4v) is 2.73. The maximum Gasteiger partial charge on any atom is 0.286 e.